The molecule has 0 radical (unpaired) electrons. The van der Waals surface area contributed by atoms with Crippen LogP contribution in [0.3, 0.4) is 0 Å². The Bertz CT molecular complexity index is 424. The van der Waals surface area contributed by atoms with Crippen LogP contribution in [-0.2, 0) is 6.18 Å². The second-order valence-electron chi connectivity index (χ2n) is 3.27. The lowest BCUT2D eigenvalue weighted by atomic mass is 10.1. The number of hydrogen-bond acceptors (Lipinski definition) is 0. The Balaban J connectivity index is 3.06. The first-order valence-corrected chi connectivity index (χ1v) is 5.80. The van der Waals surface area contributed by atoms with Gasteiger partial charge in [0.05, 0.1) is 5.56 Å². The summed E-state index contributed by atoms with van der Waals surface area (Å²) in [6.45, 7) is 1.75. The van der Waals surface area contributed by atoms with Crippen LogP contribution < -0.4 is 0 Å². The molecule has 1 aromatic rings. The number of benzene rings is 1. The van der Waals surface area contributed by atoms with E-state index < -0.39 is 11.7 Å². The quantitative estimate of drug-likeness (QED) is 0.538. The Kier molecular flexibility index (Phi) is 4.43. The Hall–Kier alpha value is -0.950. The molecule has 0 N–H and O–H groups in total. The minimum Gasteiger partial charge on any atom is -0.166 e. The van der Waals surface area contributed by atoms with Crippen molar-refractivity contribution >= 4 is 15.9 Å². The maximum absolute atomic E-state index is 12.4. The van der Waals surface area contributed by atoms with Crippen molar-refractivity contribution in [2.75, 3.05) is 5.33 Å². The van der Waals surface area contributed by atoms with E-state index in [4.69, 9.17) is 0 Å². The van der Waals surface area contributed by atoms with Crippen LogP contribution in [0.2, 0.25) is 0 Å². The normalized spacial score (nSPS) is 10.8. The van der Waals surface area contributed by atoms with Gasteiger partial charge in [0.2, 0.25) is 0 Å². The SMILES string of the molecule is Cc1ccc(C(F)(F)F)cc1C#CCCBr. The standard InChI is InChI=1S/C12H10BrF3/c1-9-5-6-11(12(14,15)16)8-10(9)4-2-3-7-13/h5-6,8H,3,7H2,1H3. The van der Waals surface area contributed by atoms with E-state index in [-0.39, 0.29) is 0 Å². The molecule has 4 heteroatoms. The van der Waals surface area contributed by atoms with E-state index in [1.807, 2.05) is 0 Å². The van der Waals surface area contributed by atoms with Gasteiger partial charge in [-0.3, -0.25) is 0 Å². The molecule has 0 spiro atoms. The predicted octanol–water partition coefficient (Wildman–Crippen LogP) is 4.15. The zero-order valence-corrected chi connectivity index (χ0v) is 10.2. The third-order valence-electron chi connectivity index (χ3n) is 2.01. The molecule has 0 unspecified atom stereocenters. The van der Waals surface area contributed by atoms with Crippen molar-refractivity contribution in [1.82, 2.24) is 0 Å². The van der Waals surface area contributed by atoms with Gasteiger partial charge < -0.3 is 0 Å². The lowest BCUT2D eigenvalue weighted by Crippen LogP contribution is -2.05. The van der Waals surface area contributed by atoms with Crippen LogP contribution in [-0.4, -0.2) is 5.33 Å². The van der Waals surface area contributed by atoms with Crippen molar-refractivity contribution in [3.63, 3.8) is 0 Å². The first-order chi connectivity index (χ1) is 7.45. The van der Waals surface area contributed by atoms with Crippen LogP contribution in [0.25, 0.3) is 0 Å². The number of halogens is 4. The van der Waals surface area contributed by atoms with Gasteiger partial charge in [0.15, 0.2) is 0 Å². The monoisotopic (exact) mass is 290 g/mol. The van der Waals surface area contributed by atoms with Crippen molar-refractivity contribution < 1.29 is 13.2 Å². The molecular weight excluding hydrogens is 281 g/mol. The van der Waals surface area contributed by atoms with Gasteiger partial charge in [-0.1, -0.05) is 33.8 Å². The van der Waals surface area contributed by atoms with Crippen LogP contribution >= 0.6 is 15.9 Å². The molecule has 0 amide bonds. The fraction of sp³-hybridized carbons (Fsp3) is 0.333. The van der Waals surface area contributed by atoms with E-state index in [0.29, 0.717) is 12.0 Å². The largest absolute Gasteiger partial charge is 0.416 e. The molecule has 0 bridgehead atoms. The van der Waals surface area contributed by atoms with Gasteiger partial charge in [-0.05, 0) is 24.6 Å². The Morgan fingerprint density at radius 3 is 2.56 bits per heavy atom. The third kappa shape index (κ3) is 3.57. The number of rotatable bonds is 1. The second kappa shape index (κ2) is 5.40. The highest BCUT2D eigenvalue weighted by molar-refractivity contribution is 9.09. The van der Waals surface area contributed by atoms with E-state index in [1.54, 1.807) is 6.92 Å². The van der Waals surface area contributed by atoms with E-state index in [1.165, 1.54) is 6.07 Å². The Morgan fingerprint density at radius 1 is 1.31 bits per heavy atom. The molecule has 0 aliphatic rings. The third-order valence-corrected chi connectivity index (χ3v) is 2.40. The molecule has 0 nitrogen and oxygen atoms in total. The summed E-state index contributed by atoms with van der Waals surface area (Å²) >= 11 is 3.21. The molecule has 0 atom stereocenters. The highest BCUT2D eigenvalue weighted by atomic mass is 79.9. The summed E-state index contributed by atoms with van der Waals surface area (Å²) in [5.74, 6) is 5.55. The number of aryl methyl sites for hydroxylation is 1. The van der Waals surface area contributed by atoms with Crippen molar-refractivity contribution in [2.24, 2.45) is 0 Å². The highest BCUT2D eigenvalue weighted by Gasteiger charge is 2.30. The van der Waals surface area contributed by atoms with Crippen molar-refractivity contribution in [3.8, 4) is 11.8 Å². The molecule has 0 aliphatic heterocycles. The summed E-state index contributed by atoms with van der Waals surface area (Å²) in [5.41, 5.74) is 0.548. The van der Waals surface area contributed by atoms with Crippen LogP contribution in [0.15, 0.2) is 18.2 Å². The maximum Gasteiger partial charge on any atom is 0.416 e. The van der Waals surface area contributed by atoms with Crippen molar-refractivity contribution in [2.45, 2.75) is 19.5 Å². The van der Waals surface area contributed by atoms with Gasteiger partial charge in [-0.2, -0.15) is 13.2 Å². The lowest BCUT2D eigenvalue weighted by Gasteiger charge is -2.07. The number of alkyl halides is 4. The average molecular weight is 291 g/mol. The summed E-state index contributed by atoms with van der Waals surface area (Å²) < 4.78 is 37.3. The lowest BCUT2D eigenvalue weighted by molar-refractivity contribution is -0.137. The predicted molar refractivity (Wildman–Crippen MR) is 61.5 cm³/mol. The molecule has 0 heterocycles. The van der Waals surface area contributed by atoms with E-state index >= 15 is 0 Å². The molecule has 0 aromatic heterocycles. The van der Waals surface area contributed by atoms with E-state index in [9.17, 15) is 13.2 Å². The molecule has 0 fully saturated rings. The molecular formula is C12H10BrF3. The highest BCUT2D eigenvalue weighted by Crippen LogP contribution is 2.30. The zero-order chi connectivity index (χ0) is 12.2. The Labute approximate surface area is 101 Å². The smallest absolute Gasteiger partial charge is 0.166 e. The number of hydrogen-bond donors (Lipinski definition) is 0. The maximum atomic E-state index is 12.4. The van der Waals surface area contributed by atoms with Crippen LogP contribution in [0, 0.1) is 18.8 Å². The van der Waals surface area contributed by atoms with Crippen molar-refractivity contribution in [3.05, 3.63) is 34.9 Å². The molecule has 1 aromatic carbocycles. The fourth-order valence-corrected chi connectivity index (χ4v) is 1.34. The van der Waals surface area contributed by atoms with Gasteiger partial charge in [0, 0.05) is 17.3 Å². The summed E-state index contributed by atoms with van der Waals surface area (Å²) in [7, 11) is 0. The fourth-order valence-electron chi connectivity index (χ4n) is 1.14. The summed E-state index contributed by atoms with van der Waals surface area (Å²) in [5, 5.41) is 0.720. The molecule has 16 heavy (non-hydrogen) atoms. The molecule has 1 rings (SSSR count). The molecule has 0 saturated heterocycles. The van der Waals surface area contributed by atoms with Crippen LogP contribution in [0.1, 0.15) is 23.1 Å². The first-order valence-electron chi connectivity index (χ1n) is 4.68. The van der Waals surface area contributed by atoms with Crippen LogP contribution in [0.4, 0.5) is 13.2 Å². The summed E-state index contributed by atoms with van der Waals surface area (Å²) in [6.07, 6.45) is -3.69. The van der Waals surface area contributed by atoms with E-state index in [0.717, 1.165) is 23.0 Å². The van der Waals surface area contributed by atoms with Gasteiger partial charge in [0.25, 0.3) is 0 Å². The molecule has 86 valence electrons. The topological polar surface area (TPSA) is 0 Å². The van der Waals surface area contributed by atoms with Gasteiger partial charge >= 0.3 is 6.18 Å². The summed E-state index contributed by atoms with van der Waals surface area (Å²) in [4.78, 5) is 0. The zero-order valence-electron chi connectivity index (χ0n) is 8.66. The van der Waals surface area contributed by atoms with Crippen LogP contribution in [0.5, 0.6) is 0 Å². The first kappa shape index (κ1) is 13.1. The average Bonchev–Trinajstić information content (AvgIpc) is 2.19. The van der Waals surface area contributed by atoms with Crippen molar-refractivity contribution in [1.29, 1.82) is 0 Å². The molecule has 0 saturated carbocycles. The minimum absolute atomic E-state index is 0.441. The molecule has 0 aliphatic carbocycles. The van der Waals surface area contributed by atoms with Gasteiger partial charge in [-0.15, -0.1) is 0 Å². The second-order valence-corrected chi connectivity index (χ2v) is 4.06. The van der Waals surface area contributed by atoms with E-state index in [2.05, 4.69) is 27.8 Å². The van der Waals surface area contributed by atoms with Gasteiger partial charge in [-0.25, -0.2) is 0 Å². The summed E-state index contributed by atoms with van der Waals surface area (Å²) in [6, 6.07) is 3.61. The van der Waals surface area contributed by atoms with Gasteiger partial charge in [0.1, 0.15) is 0 Å². The minimum atomic E-state index is -4.31. The Morgan fingerprint density at radius 2 is 2.00 bits per heavy atom.